The van der Waals surface area contributed by atoms with E-state index in [0.717, 1.165) is 37.6 Å². The fourth-order valence-corrected chi connectivity index (χ4v) is 4.52. The van der Waals surface area contributed by atoms with E-state index in [1.165, 1.54) is 30.3 Å². The molecule has 1 aliphatic rings. The van der Waals surface area contributed by atoms with Gasteiger partial charge < -0.3 is 15.0 Å². The summed E-state index contributed by atoms with van der Waals surface area (Å²) in [6.45, 7) is 0.577. The third-order valence-electron chi connectivity index (χ3n) is 5.28. The summed E-state index contributed by atoms with van der Waals surface area (Å²) in [6.07, 6.45) is 3.40. The standard InChI is InChI=1S/C23H25F2N5O2S/c1-16(20(31)26-18-12-6-7-13-19(18)32-21(24)25)33-23-28-27-22(29-14-8-3-9-15-29)30(23)17-10-4-2-5-11-17/h2,4-7,10-13,16,21H,3,8-9,14-15H2,1H3,(H,26,31). The van der Waals surface area contributed by atoms with Crippen molar-refractivity contribution in [2.75, 3.05) is 23.3 Å². The summed E-state index contributed by atoms with van der Waals surface area (Å²) in [5, 5.41) is 11.5. The molecule has 0 radical (unpaired) electrons. The molecule has 1 aromatic heterocycles. The van der Waals surface area contributed by atoms with E-state index in [2.05, 4.69) is 25.2 Å². The minimum atomic E-state index is -2.98. The summed E-state index contributed by atoms with van der Waals surface area (Å²) in [5.74, 6) is 0.317. The van der Waals surface area contributed by atoms with Gasteiger partial charge in [0.15, 0.2) is 5.16 Å². The van der Waals surface area contributed by atoms with E-state index in [-0.39, 0.29) is 17.3 Å². The maximum Gasteiger partial charge on any atom is 0.387 e. The average molecular weight is 474 g/mol. The molecule has 174 valence electrons. The highest BCUT2D eigenvalue weighted by Crippen LogP contribution is 2.32. The average Bonchev–Trinajstić information content (AvgIpc) is 3.24. The number of carbonyl (C=O) groups excluding carboxylic acids is 1. The van der Waals surface area contributed by atoms with Crippen molar-refractivity contribution in [1.82, 2.24) is 14.8 Å². The van der Waals surface area contributed by atoms with Crippen LogP contribution in [0.2, 0.25) is 0 Å². The number of ether oxygens (including phenoxy) is 1. The first kappa shape index (κ1) is 23.0. The second-order valence-corrected chi connectivity index (χ2v) is 8.93. The number of nitrogens with zero attached hydrogens (tertiary/aromatic N) is 4. The van der Waals surface area contributed by atoms with Crippen LogP contribution in [0.1, 0.15) is 26.2 Å². The lowest BCUT2D eigenvalue weighted by molar-refractivity contribution is -0.115. The Morgan fingerprint density at radius 2 is 1.73 bits per heavy atom. The molecule has 3 aromatic rings. The molecule has 33 heavy (non-hydrogen) atoms. The Labute approximate surface area is 195 Å². The second-order valence-electron chi connectivity index (χ2n) is 7.63. The minimum Gasteiger partial charge on any atom is -0.433 e. The van der Waals surface area contributed by atoms with Crippen molar-refractivity contribution in [3.8, 4) is 11.4 Å². The SMILES string of the molecule is CC(Sc1nnc(N2CCCCC2)n1-c1ccccc1)C(=O)Nc1ccccc1OC(F)F. The van der Waals surface area contributed by atoms with Crippen molar-refractivity contribution in [3.05, 3.63) is 54.6 Å². The minimum absolute atomic E-state index is 0.0853. The molecular formula is C23H25F2N5O2S. The Bertz CT molecular complexity index is 1070. The van der Waals surface area contributed by atoms with Crippen molar-refractivity contribution in [2.45, 2.75) is 43.2 Å². The lowest BCUT2D eigenvalue weighted by Gasteiger charge is -2.28. The normalized spacial score (nSPS) is 14.8. The number of hydrogen-bond acceptors (Lipinski definition) is 6. The number of hydrogen-bond donors (Lipinski definition) is 1. The van der Waals surface area contributed by atoms with E-state index in [9.17, 15) is 13.6 Å². The number of piperidine rings is 1. The Balaban J connectivity index is 1.55. The van der Waals surface area contributed by atoms with E-state index >= 15 is 0 Å². The van der Waals surface area contributed by atoms with Crippen LogP contribution in [0.15, 0.2) is 59.8 Å². The van der Waals surface area contributed by atoms with Crippen LogP contribution >= 0.6 is 11.8 Å². The van der Waals surface area contributed by atoms with Crippen molar-refractivity contribution in [2.24, 2.45) is 0 Å². The molecular weight excluding hydrogens is 448 g/mol. The highest BCUT2D eigenvalue weighted by Gasteiger charge is 2.25. The summed E-state index contributed by atoms with van der Waals surface area (Å²) in [5.41, 5.74) is 1.10. The quantitative estimate of drug-likeness (QED) is 0.466. The molecule has 1 unspecified atom stereocenters. The van der Waals surface area contributed by atoms with Gasteiger partial charge in [-0.2, -0.15) is 8.78 Å². The Hall–Kier alpha value is -3.14. The number of amides is 1. The van der Waals surface area contributed by atoms with Crippen molar-refractivity contribution < 1.29 is 18.3 Å². The van der Waals surface area contributed by atoms with Crippen LogP contribution in [-0.4, -0.2) is 45.6 Å². The third-order valence-corrected chi connectivity index (χ3v) is 6.32. The highest BCUT2D eigenvalue weighted by atomic mass is 32.2. The zero-order valence-electron chi connectivity index (χ0n) is 18.2. The van der Waals surface area contributed by atoms with Gasteiger partial charge in [-0.1, -0.05) is 42.1 Å². The van der Waals surface area contributed by atoms with Gasteiger partial charge in [0.05, 0.1) is 16.6 Å². The fraction of sp³-hybridized carbons (Fsp3) is 0.348. The molecule has 4 rings (SSSR count). The predicted octanol–water partition coefficient (Wildman–Crippen LogP) is 4.98. The second kappa shape index (κ2) is 10.7. The molecule has 0 spiro atoms. The molecule has 7 nitrogen and oxygen atoms in total. The molecule has 1 aliphatic heterocycles. The zero-order valence-corrected chi connectivity index (χ0v) is 19.0. The predicted molar refractivity (Wildman–Crippen MR) is 124 cm³/mol. The monoisotopic (exact) mass is 473 g/mol. The molecule has 10 heteroatoms. The van der Waals surface area contributed by atoms with Crippen LogP contribution in [0, 0.1) is 0 Å². The summed E-state index contributed by atoms with van der Waals surface area (Å²) in [7, 11) is 0. The molecule has 0 aliphatic carbocycles. The van der Waals surface area contributed by atoms with Gasteiger partial charge >= 0.3 is 6.61 Å². The lowest BCUT2D eigenvalue weighted by Crippen LogP contribution is -2.31. The number of anilines is 2. The summed E-state index contributed by atoms with van der Waals surface area (Å²) >= 11 is 1.26. The van der Waals surface area contributed by atoms with E-state index in [1.54, 1.807) is 19.1 Å². The van der Waals surface area contributed by atoms with Gasteiger partial charge in [0, 0.05) is 13.1 Å². The molecule has 1 atom stereocenters. The number of aromatic nitrogens is 3. The third kappa shape index (κ3) is 5.62. The van der Waals surface area contributed by atoms with Crippen LogP contribution in [0.3, 0.4) is 0 Å². The molecule has 1 N–H and O–H groups in total. The first-order valence-corrected chi connectivity index (χ1v) is 11.7. The van der Waals surface area contributed by atoms with Crippen molar-refractivity contribution in [1.29, 1.82) is 0 Å². The first-order valence-electron chi connectivity index (χ1n) is 10.8. The largest absolute Gasteiger partial charge is 0.433 e. The molecule has 2 heterocycles. The van der Waals surface area contributed by atoms with Crippen LogP contribution in [0.4, 0.5) is 20.4 Å². The summed E-state index contributed by atoms with van der Waals surface area (Å²) in [4.78, 5) is 15.1. The van der Waals surface area contributed by atoms with Gasteiger partial charge in [-0.05, 0) is 50.5 Å². The molecule has 1 fully saturated rings. The number of nitrogens with one attached hydrogen (secondary N) is 1. The van der Waals surface area contributed by atoms with Crippen molar-refractivity contribution in [3.63, 3.8) is 0 Å². The molecule has 0 bridgehead atoms. The Kier molecular flexibility index (Phi) is 7.43. The summed E-state index contributed by atoms with van der Waals surface area (Å²) < 4.78 is 31.8. The van der Waals surface area contributed by atoms with Crippen LogP contribution in [0.25, 0.3) is 5.69 Å². The summed E-state index contributed by atoms with van der Waals surface area (Å²) in [6, 6.07) is 15.9. The number of halogens is 2. The molecule has 1 saturated heterocycles. The maximum atomic E-state index is 12.9. The van der Waals surface area contributed by atoms with Gasteiger partial charge in [0.1, 0.15) is 5.75 Å². The van der Waals surface area contributed by atoms with E-state index in [0.29, 0.717) is 5.16 Å². The van der Waals surface area contributed by atoms with Gasteiger partial charge in [0.25, 0.3) is 0 Å². The van der Waals surface area contributed by atoms with Crippen LogP contribution in [-0.2, 0) is 4.79 Å². The number of rotatable bonds is 8. The van der Waals surface area contributed by atoms with E-state index in [1.807, 2.05) is 34.9 Å². The number of benzene rings is 2. The van der Waals surface area contributed by atoms with E-state index < -0.39 is 11.9 Å². The number of thioether (sulfide) groups is 1. The smallest absolute Gasteiger partial charge is 0.387 e. The van der Waals surface area contributed by atoms with Crippen LogP contribution < -0.4 is 15.0 Å². The Morgan fingerprint density at radius 3 is 2.45 bits per heavy atom. The number of para-hydroxylation sites is 3. The number of alkyl halides is 2. The van der Waals surface area contributed by atoms with Gasteiger partial charge in [0.2, 0.25) is 11.9 Å². The Morgan fingerprint density at radius 1 is 1.03 bits per heavy atom. The first-order chi connectivity index (χ1) is 16.0. The van der Waals surface area contributed by atoms with Crippen molar-refractivity contribution >= 4 is 29.3 Å². The lowest BCUT2D eigenvalue weighted by atomic mass is 10.1. The van der Waals surface area contributed by atoms with E-state index in [4.69, 9.17) is 0 Å². The molecule has 0 saturated carbocycles. The number of carbonyl (C=O) groups is 1. The van der Waals surface area contributed by atoms with Gasteiger partial charge in [-0.25, -0.2) is 0 Å². The fourth-order valence-electron chi connectivity index (χ4n) is 3.65. The zero-order chi connectivity index (χ0) is 23.2. The van der Waals surface area contributed by atoms with Gasteiger partial charge in [-0.15, -0.1) is 10.2 Å². The highest BCUT2D eigenvalue weighted by molar-refractivity contribution is 8.00. The van der Waals surface area contributed by atoms with Gasteiger partial charge in [-0.3, -0.25) is 9.36 Å². The topological polar surface area (TPSA) is 72.3 Å². The maximum absolute atomic E-state index is 12.9. The molecule has 1 amide bonds. The van der Waals surface area contributed by atoms with Crippen LogP contribution in [0.5, 0.6) is 5.75 Å². The molecule has 2 aromatic carbocycles.